The minimum atomic E-state index is -1.30. The Morgan fingerprint density at radius 2 is 1.63 bits per heavy atom. The highest BCUT2D eigenvalue weighted by Gasteiger charge is 2.64. The van der Waals surface area contributed by atoms with Gasteiger partial charge in [0.1, 0.15) is 0 Å². The van der Waals surface area contributed by atoms with Crippen molar-refractivity contribution in [3.63, 3.8) is 0 Å². The predicted molar refractivity (Wildman–Crippen MR) is 150 cm³/mol. The molecule has 0 saturated heterocycles. The molecule has 0 spiro atoms. The summed E-state index contributed by atoms with van der Waals surface area (Å²) in [5.74, 6) is -3.42. The van der Waals surface area contributed by atoms with Gasteiger partial charge in [0, 0.05) is 0 Å². The van der Waals surface area contributed by atoms with Gasteiger partial charge in [-0.1, -0.05) is 67.0 Å². The van der Waals surface area contributed by atoms with E-state index in [9.17, 15) is 19.5 Å². The van der Waals surface area contributed by atoms with E-state index in [0.29, 0.717) is 12.8 Å². The number of allylic oxidation sites excluding steroid dienone is 8. The molecule has 3 unspecified atom stereocenters. The van der Waals surface area contributed by atoms with E-state index in [0.717, 1.165) is 18.4 Å². The molecule has 3 rings (SSSR count). The van der Waals surface area contributed by atoms with E-state index >= 15 is 0 Å². The quantitative estimate of drug-likeness (QED) is 0.204. The lowest BCUT2D eigenvalue weighted by molar-refractivity contribution is -0.157. The first kappa shape index (κ1) is 29.3. The summed E-state index contributed by atoms with van der Waals surface area (Å²) in [4.78, 5) is 40.6. The maximum Gasteiger partial charge on any atom is 0.343 e. The number of hydrogen-bond acceptors (Lipinski definition) is 5. The van der Waals surface area contributed by atoms with Crippen LogP contribution in [0.25, 0.3) is 0 Å². The Labute approximate surface area is 227 Å². The highest BCUT2D eigenvalue weighted by Crippen LogP contribution is 2.59. The molecule has 1 fully saturated rings. The van der Waals surface area contributed by atoms with Crippen molar-refractivity contribution in [1.29, 1.82) is 0 Å². The normalized spacial score (nSPS) is 24.7. The largest absolute Gasteiger partial charge is 0.507 e. The molecule has 0 aromatic heterocycles. The summed E-state index contributed by atoms with van der Waals surface area (Å²) in [6.45, 7) is 14.1. The molecule has 204 valence electrons. The number of benzene rings is 1. The van der Waals surface area contributed by atoms with Crippen molar-refractivity contribution in [3.8, 4) is 0 Å². The van der Waals surface area contributed by atoms with Crippen molar-refractivity contribution in [2.75, 3.05) is 0 Å². The van der Waals surface area contributed by atoms with Gasteiger partial charge in [0.25, 0.3) is 0 Å². The number of hydrogen-bond donors (Lipinski definition) is 1. The fourth-order valence-electron chi connectivity index (χ4n) is 5.67. The second-order valence-corrected chi connectivity index (χ2v) is 12.0. The Bertz CT molecular complexity index is 1200. The fraction of sp³-hybridized carbons (Fsp3) is 0.485. The van der Waals surface area contributed by atoms with Crippen LogP contribution in [0.4, 0.5) is 0 Å². The van der Waals surface area contributed by atoms with Gasteiger partial charge in [-0.15, -0.1) is 0 Å². The summed E-state index contributed by atoms with van der Waals surface area (Å²) < 4.78 is 5.56. The number of aliphatic hydroxyl groups is 1. The first-order valence-corrected chi connectivity index (χ1v) is 13.5. The molecule has 1 aromatic carbocycles. The van der Waals surface area contributed by atoms with Gasteiger partial charge in [-0.2, -0.15) is 0 Å². The van der Waals surface area contributed by atoms with E-state index in [2.05, 4.69) is 32.9 Å². The highest BCUT2D eigenvalue weighted by atomic mass is 16.5. The number of ether oxygens (including phenoxy) is 1. The molecule has 1 N–H and O–H groups in total. The molecular weight excluding hydrogens is 476 g/mol. The minimum absolute atomic E-state index is 0.0216. The van der Waals surface area contributed by atoms with Crippen LogP contribution in [0.1, 0.15) is 90.9 Å². The predicted octanol–water partition coefficient (Wildman–Crippen LogP) is 7.85. The average molecular weight is 519 g/mol. The highest BCUT2D eigenvalue weighted by molar-refractivity contribution is 6.17. The standard InChI is InChI=1S/C33H42O5/c1-21(2)12-11-13-23(5)16-17-25-20-33(19-18-22(3)4)29(35)26(32(25,6)7)27(34)28(30(33)36)38-31(37)24-14-9-8-10-15-24/h8-10,12,14-16,18,25-26,36H,11,13,17,19-20H2,1-7H3. The van der Waals surface area contributed by atoms with Gasteiger partial charge in [-0.25, -0.2) is 4.79 Å². The summed E-state index contributed by atoms with van der Waals surface area (Å²) in [6, 6.07) is 8.35. The van der Waals surface area contributed by atoms with Gasteiger partial charge in [0.15, 0.2) is 11.5 Å². The lowest BCUT2D eigenvalue weighted by Crippen LogP contribution is -2.59. The molecule has 1 aromatic rings. The molecular formula is C33H42O5. The summed E-state index contributed by atoms with van der Waals surface area (Å²) in [5.41, 5.74) is 1.86. The maximum atomic E-state index is 14.0. The molecule has 0 radical (unpaired) electrons. The molecule has 2 bridgehead atoms. The van der Waals surface area contributed by atoms with E-state index in [1.807, 2.05) is 33.8 Å². The van der Waals surface area contributed by atoms with Gasteiger partial charge in [0.2, 0.25) is 11.5 Å². The van der Waals surface area contributed by atoms with Crippen LogP contribution in [0.3, 0.4) is 0 Å². The van der Waals surface area contributed by atoms with Crippen molar-refractivity contribution in [1.82, 2.24) is 0 Å². The van der Waals surface area contributed by atoms with Crippen LogP contribution >= 0.6 is 0 Å². The first-order chi connectivity index (χ1) is 17.8. The number of fused-ring (bicyclic) bond motifs is 2. The van der Waals surface area contributed by atoms with Crippen molar-refractivity contribution in [2.45, 2.75) is 80.6 Å². The number of aliphatic hydroxyl groups excluding tert-OH is 1. The number of rotatable bonds is 9. The Morgan fingerprint density at radius 3 is 2.24 bits per heavy atom. The van der Waals surface area contributed by atoms with E-state index in [1.165, 1.54) is 11.1 Å². The van der Waals surface area contributed by atoms with Gasteiger partial charge in [0.05, 0.1) is 16.9 Å². The van der Waals surface area contributed by atoms with E-state index in [1.54, 1.807) is 30.3 Å². The second kappa shape index (κ2) is 11.7. The third kappa shape index (κ3) is 5.92. The molecule has 0 amide bonds. The third-order valence-electron chi connectivity index (χ3n) is 8.18. The molecule has 3 atom stereocenters. The number of carbonyl (C=O) groups is 3. The fourth-order valence-corrected chi connectivity index (χ4v) is 5.67. The van der Waals surface area contributed by atoms with Crippen LogP contribution in [0, 0.1) is 22.7 Å². The van der Waals surface area contributed by atoms with Crippen LogP contribution in [0.5, 0.6) is 0 Å². The molecule has 5 nitrogen and oxygen atoms in total. The SMILES string of the molecule is CC(C)=CCCC(C)=CCC1CC2(CC=C(C)C)C(=O)C(C(=O)C(OC(=O)c3ccccc3)=C2O)C1(C)C. The molecule has 0 aliphatic heterocycles. The number of carbonyl (C=O) groups excluding carboxylic acids is 3. The zero-order valence-electron chi connectivity index (χ0n) is 23.9. The van der Waals surface area contributed by atoms with Crippen molar-refractivity contribution < 1.29 is 24.2 Å². The smallest absolute Gasteiger partial charge is 0.343 e. The summed E-state index contributed by atoms with van der Waals surface area (Å²) in [7, 11) is 0. The molecule has 2 aliphatic rings. The molecule has 5 heteroatoms. The van der Waals surface area contributed by atoms with E-state index in [-0.39, 0.29) is 29.4 Å². The van der Waals surface area contributed by atoms with Crippen LogP contribution in [-0.4, -0.2) is 22.6 Å². The van der Waals surface area contributed by atoms with E-state index < -0.39 is 34.3 Å². The second-order valence-electron chi connectivity index (χ2n) is 12.0. The van der Waals surface area contributed by atoms with Crippen LogP contribution in [-0.2, 0) is 14.3 Å². The van der Waals surface area contributed by atoms with Crippen LogP contribution in [0.15, 0.2) is 76.8 Å². The Morgan fingerprint density at radius 1 is 1.00 bits per heavy atom. The number of ketones is 2. The molecule has 0 heterocycles. The van der Waals surface area contributed by atoms with Crippen LogP contribution in [0.2, 0.25) is 0 Å². The van der Waals surface area contributed by atoms with Crippen molar-refractivity contribution in [3.05, 3.63) is 82.4 Å². The molecule has 2 aliphatic carbocycles. The Balaban J connectivity index is 2.03. The average Bonchev–Trinajstić information content (AvgIpc) is 2.85. The van der Waals surface area contributed by atoms with Gasteiger partial charge in [-0.05, 0) is 90.2 Å². The van der Waals surface area contributed by atoms with Gasteiger partial charge < -0.3 is 9.84 Å². The number of Topliss-reactive ketones (excluding diaryl/α,β-unsaturated/α-hetero) is 2. The molecule has 38 heavy (non-hydrogen) atoms. The van der Waals surface area contributed by atoms with Gasteiger partial charge in [-0.3, -0.25) is 9.59 Å². The Hall–Kier alpha value is -3.21. The zero-order valence-corrected chi connectivity index (χ0v) is 23.9. The topological polar surface area (TPSA) is 80.7 Å². The first-order valence-electron chi connectivity index (χ1n) is 13.5. The lowest BCUT2D eigenvalue weighted by atomic mass is 9.48. The third-order valence-corrected chi connectivity index (χ3v) is 8.18. The summed E-state index contributed by atoms with van der Waals surface area (Å²) in [5, 5.41) is 11.5. The molecule has 1 saturated carbocycles. The number of esters is 1. The lowest BCUT2D eigenvalue weighted by Gasteiger charge is -2.53. The van der Waals surface area contributed by atoms with Crippen molar-refractivity contribution >= 4 is 17.5 Å². The van der Waals surface area contributed by atoms with E-state index in [4.69, 9.17) is 4.74 Å². The van der Waals surface area contributed by atoms with Crippen LogP contribution < -0.4 is 0 Å². The summed E-state index contributed by atoms with van der Waals surface area (Å²) >= 11 is 0. The monoisotopic (exact) mass is 518 g/mol. The van der Waals surface area contributed by atoms with Gasteiger partial charge >= 0.3 is 5.97 Å². The minimum Gasteiger partial charge on any atom is -0.507 e. The zero-order chi connectivity index (χ0) is 28.3. The maximum absolute atomic E-state index is 14.0. The Kier molecular flexibility index (Phi) is 9.01. The van der Waals surface area contributed by atoms with Crippen molar-refractivity contribution in [2.24, 2.45) is 22.7 Å². The summed E-state index contributed by atoms with van der Waals surface area (Å²) in [6.07, 6.45) is 9.62.